The zero-order valence-corrected chi connectivity index (χ0v) is 10.6. The summed E-state index contributed by atoms with van der Waals surface area (Å²) in [5.41, 5.74) is 4.48. The molecule has 1 saturated carbocycles. The number of hydrogen-bond acceptors (Lipinski definition) is 4. The Bertz CT molecular complexity index is 500. The van der Waals surface area contributed by atoms with Crippen molar-refractivity contribution in [2.75, 3.05) is 24.1 Å². The van der Waals surface area contributed by atoms with Crippen molar-refractivity contribution in [3.63, 3.8) is 0 Å². The van der Waals surface area contributed by atoms with Gasteiger partial charge in [-0.1, -0.05) is 0 Å². The molecule has 0 atom stereocenters. The van der Waals surface area contributed by atoms with Crippen molar-refractivity contribution in [3.05, 3.63) is 17.7 Å². The van der Waals surface area contributed by atoms with Gasteiger partial charge in [0.1, 0.15) is 11.6 Å². The van der Waals surface area contributed by atoms with Crippen molar-refractivity contribution in [2.24, 2.45) is 5.92 Å². The van der Waals surface area contributed by atoms with Crippen LogP contribution in [0.4, 0.5) is 24.8 Å². The number of nitrogens with one attached hydrogen (secondary N) is 2. The number of nitrogens with zero attached hydrogens (tertiary/aromatic N) is 1. The van der Waals surface area contributed by atoms with Gasteiger partial charge >= 0.3 is 6.18 Å². The monoisotopic (exact) mass is 288 g/mol. The fourth-order valence-electron chi connectivity index (χ4n) is 1.67. The molecule has 110 valence electrons. The topological polar surface area (TPSA) is 80.0 Å². The SMILES string of the molecule is Nc1cc(C(F)(F)F)cc(NCCNC(=O)C2CC2)n1. The van der Waals surface area contributed by atoms with Gasteiger partial charge < -0.3 is 16.4 Å². The van der Waals surface area contributed by atoms with Crippen LogP contribution in [0, 0.1) is 5.92 Å². The molecule has 1 aromatic rings. The summed E-state index contributed by atoms with van der Waals surface area (Å²) >= 11 is 0. The molecule has 0 aromatic carbocycles. The summed E-state index contributed by atoms with van der Waals surface area (Å²) in [4.78, 5) is 15.1. The van der Waals surface area contributed by atoms with Crippen LogP contribution >= 0.6 is 0 Å². The minimum atomic E-state index is -4.46. The lowest BCUT2D eigenvalue weighted by molar-refractivity contribution is -0.137. The Morgan fingerprint density at radius 3 is 2.65 bits per heavy atom. The summed E-state index contributed by atoms with van der Waals surface area (Å²) in [5.74, 6) is -0.0667. The Morgan fingerprint density at radius 2 is 2.05 bits per heavy atom. The molecular formula is C12H15F3N4O. The molecule has 1 aliphatic rings. The molecular weight excluding hydrogens is 273 g/mol. The Balaban J connectivity index is 1.85. The molecule has 1 fully saturated rings. The van der Waals surface area contributed by atoms with E-state index in [-0.39, 0.29) is 30.0 Å². The zero-order valence-electron chi connectivity index (χ0n) is 10.6. The van der Waals surface area contributed by atoms with Crippen LogP contribution in [0.5, 0.6) is 0 Å². The summed E-state index contributed by atoms with van der Waals surface area (Å²) in [5, 5.41) is 5.40. The van der Waals surface area contributed by atoms with Gasteiger partial charge in [0.2, 0.25) is 5.91 Å². The highest BCUT2D eigenvalue weighted by molar-refractivity contribution is 5.80. The summed E-state index contributed by atoms with van der Waals surface area (Å²) in [6, 6.07) is 1.67. The second-order valence-corrected chi connectivity index (χ2v) is 4.66. The van der Waals surface area contributed by atoms with Crippen LogP contribution in [-0.2, 0) is 11.0 Å². The van der Waals surface area contributed by atoms with Gasteiger partial charge in [0.05, 0.1) is 5.56 Å². The molecule has 4 N–H and O–H groups in total. The quantitative estimate of drug-likeness (QED) is 0.719. The number of alkyl halides is 3. The minimum absolute atomic E-state index is 0.0108. The molecule has 2 rings (SSSR count). The molecule has 5 nitrogen and oxygen atoms in total. The van der Waals surface area contributed by atoms with Crippen molar-refractivity contribution >= 4 is 17.5 Å². The van der Waals surface area contributed by atoms with E-state index in [1.165, 1.54) is 0 Å². The second kappa shape index (κ2) is 5.56. The van der Waals surface area contributed by atoms with Gasteiger partial charge in [-0.3, -0.25) is 4.79 Å². The first-order valence-electron chi connectivity index (χ1n) is 6.22. The lowest BCUT2D eigenvalue weighted by Gasteiger charge is -2.11. The van der Waals surface area contributed by atoms with E-state index in [4.69, 9.17) is 5.73 Å². The van der Waals surface area contributed by atoms with Crippen molar-refractivity contribution in [3.8, 4) is 0 Å². The van der Waals surface area contributed by atoms with E-state index in [0.29, 0.717) is 6.54 Å². The third kappa shape index (κ3) is 4.01. The molecule has 0 unspecified atom stereocenters. The van der Waals surface area contributed by atoms with Crippen LogP contribution in [0.3, 0.4) is 0 Å². The van der Waals surface area contributed by atoms with E-state index in [9.17, 15) is 18.0 Å². The normalized spacial score (nSPS) is 14.9. The number of anilines is 2. The van der Waals surface area contributed by atoms with Crippen LogP contribution in [-0.4, -0.2) is 24.0 Å². The Morgan fingerprint density at radius 1 is 1.35 bits per heavy atom. The van der Waals surface area contributed by atoms with E-state index in [1.807, 2.05) is 0 Å². The molecule has 1 aromatic heterocycles. The predicted octanol–water partition coefficient (Wildman–Crippen LogP) is 1.62. The Labute approximate surface area is 113 Å². The number of hydrogen-bond donors (Lipinski definition) is 3. The zero-order chi connectivity index (χ0) is 14.8. The first-order chi connectivity index (χ1) is 9.36. The summed E-state index contributed by atoms with van der Waals surface area (Å²) in [6.07, 6.45) is -2.65. The number of nitrogens with two attached hydrogens (primary N) is 1. The van der Waals surface area contributed by atoms with Gasteiger partial charge in [-0.05, 0) is 25.0 Å². The van der Waals surface area contributed by atoms with Crippen molar-refractivity contribution < 1.29 is 18.0 Å². The Hall–Kier alpha value is -1.99. The van der Waals surface area contributed by atoms with Gasteiger partial charge in [-0.25, -0.2) is 4.98 Å². The number of carbonyl (C=O) groups excluding carboxylic acids is 1. The van der Waals surface area contributed by atoms with Gasteiger partial charge in [-0.2, -0.15) is 13.2 Å². The van der Waals surface area contributed by atoms with E-state index >= 15 is 0 Å². The van der Waals surface area contributed by atoms with Crippen LogP contribution < -0.4 is 16.4 Å². The largest absolute Gasteiger partial charge is 0.416 e. The predicted molar refractivity (Wildman–Crippen MR) is 67.9 cm³/mol. The fraction of sp³-hybridized carbons (Fsp3) is 0.500. The number of aromatic nitrogens is 1. The average molecular weight is 288 g/mol. The Kier molecular flexibility index (Phi) is 4.01. The highest BCUT2D eigenvalue weighted by Crippen LogP contribution is 2.31. The second-order valence-electron chi connectivity index (χ2n) is 4.66. The average Bonchev–Trinajstić information content (AvgIpc) is 3.16. The van der Waals surface area contributed by atoms with E-state index in [0.717, 1.165) is 25.0 Å². The van der Waals surface area contributed by atoms with Gasteiger partial charge in [0, 0.05) is 19.0 Å². The first-order valence-corrected chi connectivity index (χ1v) is 6.22. The number of carbonyl (C=O) groups is 1. The highest BCUT2D eigenvalue weighted by Gasteiger charge is 2.31. The van der Waals surface area contributed by atoms with Crippen LogP contribution in [0.15, 0.2) is 12.1 Å². The maximum atomic E-state index is 12.6. The molecule has 1 aliphatic carbocycles. The maximum absolute atomic E-state index is 12.6. The number of amides is 1. The molecule has 0 aliphatic heterocycles. The maximum Gasteiger partial charge on any atom is 0.416 e. The van der Waals surface area contributed by atoms with Crippen molar-refractivity contribution in [1.82, 2.24) is 10.3 Å². The van der Waals surface area contributed by atoms with Crippen LogP contribution in [0.2, 0.25) is 0 Å². The number of rotatable bonds is 5. The molecule has 0 spiro atoms. The summed E-state index contributed by atoms with van der Waals surface area (Å²) < 4.78 is 37.7. The smallest absolute Gasteiger partial charge is 0.384 e. The van der Waals surface area contributed by atoms with Crippen molar-refractivity contribution in [2.45, 2.75) is 19.0 Å². The molecule has 1 amide bonds. The fourth-order valence-corrected chi connectivity index (χ4v) is 1.67. The summed E-state index contributed by atoms with van der Waals surface area (Å²) in [6.45, 7) is 0.610. The highest BCUT2D eigenvalue weighted by atomic mass is 19.4. The molecule has 0 saturated heterocycles. The minimum Gasteiger partial charge on any atom is -0.384 e. The third-order valence-electron chi connectivity index (χ3n) is 2.85. The summed E-state index contributed by atoms with van der Waals surface area (Å²) in [7, 11) is 0. The van der Waals surface area contributed by atoms with E-state index in [1.54, 1.807) is 0 Å². The van der Waals surface area contributed by atoms with Crippen LogP contribution in [0.1, 0.15) is 18.4 Å². The number of pyridine rings is 1. The van der Waals surface area contributed by atoms with Gasteiger partial charge in [-0.15, -0.1) is 0 Å². The lowest BCUT2D eigenvalue weighted by Crippen LogP contribution is -2.30. The van der Waals surface area contributed by atoms with Crippen molar-refractivity contribution in [1.29, 1.82) is 0 Å². The van der Waals surface area contributed by atoms with Crippen LogP contribution in [0.25, 0.3) is 0 Å². The molecule has 0 radical (unpaired) electrons. The van der Waals surface area contributed by atoms with Gasteiger partial charge in [0.15, 0.2) is 0 Å². The standard InChI is InChI=1S/C12H15F3N4O/c13-12(14,15)8-5-9(16)19-10(6-8)17-3-4-18-11(20)7-1-2-7/h5-7H,1-4H2,(H,18,20)(H3,16,17,19). The molecule has 0 bridgehead atoms. The molecule has 1 heterocycles. The molecule has 20 heavy (non-hydrogen) atoms. The lowest BCUT2D eigenvalue weighted by atomic mass is 10.2. The number of halogens is 3. The van der Waals surface area contributed by atoms with E-state index in [2.05, 4.69) is 15.6 Å². The molecule has 8 heteroatoms. The van der Waals surface area contributed by atoms with Gasteiger partial charge in [0.25, 0.3) is 0 Å². The first kappa shape index (κ1) is 14.4. The third-order valence-corrected chi connectivity index (χ3v) is 2.85. The van der Waals surface area contributed by atoms with E-state index < -0.39 is 11.7 Å². The number of nitrogen functional groups attached to an aromatic ring is 1.